The van der Waals surface area contributed by atoms with Crippen LogP contribution in [-0.2, 0) is 6.54 Å². The van der Waals surface area contributed by atoms with Crippen LogP contribution in [0, 0.1) is 5.92 Å². The quantitative estimate of drug-likeness (QED) is 0.467. The predicted molar refractivity (Wildman–Crippen MR) is 104 cm³/mol. The molecule has 0 spiro atoms. The van der Waals surface area contributed by atoms with Crippen LogP contribution in [0.5, 0.6) is 0 Å². The van der Waals surface area contributed by atoms with E-state index in [1.54, 1.807) is 0 Å². The van der Waals surface area contributed by atoms with E-state index >= 15 is 0 Å². The molecule has 3 rings (SSSR count). The summed E-state index contributed by atoms with van der Waals surface area (Å²) < 4.78 is 1.87. The number of hydrogen-bond donors (Lipinski definition) is 1. The number of likely N-dealkylation sites (tertiary alicyclic amines) is 1. The van der Waals surface area contributed by atoms with Gasteiger partial charge in [0, 0.05) is 19.3 Å². The van der Waals surface area contributed by atoms with Crippen molar-refractivity contribution in [1.29, 1.82) is 0 Å². The highest BCUT2D eigenvalue weighted by Crippen LogP contribution is 2.15. The Morgan fingerprint density at radius 3 is 2.83 bits per heavy atom. The number of guanidine groups is 1. The van der Waals surface area contributed by atoms with Crippen molar-refractivity contribution in [2.45, 2.75) is 26.3 Å². The van der Waals surface area contributed by atoms with Gasteiger partial charge in [-0.15, -0.1) is 24.0 Å². The van der Waals surface area contributed by atoms with Crippen LogP contribution in [0.2, 0.25) is 0 Å². The molecule has 1 aliphatic heterocycles. The van der Waals surface area contributed by atoms with Crippen molar-refractivity contribution in [2.75, 3.05) is 13.1 Å². The molecule has 1 aliphatic rings. The van der Waals surface area contributed by atoms with Gasteiger partial charge in [-0.1, -0.05) is 25.1 Å². The summed E-state index contributed by atoms with van der Waals surface area (Å²) in [5.41, 5.74) is 8.10. The number of nitrogens with zero attached hydrogens (tertiary/aromatic N) is 4. The second-order valence-corrected chi connectivity index (χ2v) is 5.96. The Hall–Kier alpha value is -1.57. The summed E-state index contributed by atoms with van der Waals surface area (Å²) in [6.45, 7) is 4.81. The summed E-state index contributed by atoms with van der Waals surface area (Å²) >= 11 is 0. The lowest BCUT2D eigenvalue weighted by Crippen LogP contribution is -2.43. The molecule has 0 aliphatic carbocycles. The smallest absolute Gasteiger partial charge is 0.191 e. The molecule has 2 heterocycles. The lowest BCUT2D eigenvalue weighted by molar-refractivity contribution is 0.270. The standard InChI is InChI=1S/C17H23N5.HI/c1-14-6-5-10-21(13-14)17(18)19-12-15-9-11-22(20-15)16-7-3-2-4-8-16;/h2-4,7-9,11,14H,5-6,10,12-13H2,1H3,(H2,18,19);1H. The average Bonchev–Trinajstić information content (AvgIpc) is 3.02. The van der Waals surface area contributed by atoms with Crippen LogP contribution in [0.25, 0.3) is 5.69 Å². The summed E-state index contributed by atoms with van der Waals surface area (Å²) in [5, 5.41) is 4.55. The first-order chi connectivity index (χ1) is 10.7. The number of hydrogen-bond acceptors (Lipinski definition) is 2. The summed E-state index contributed by atoms with van der Waals surface area (Å²) in [6, 6.07) is 12.1. The molecule has 6 heteroatoms. The highest BCUT2D eigenvalue weighted by atomic mass is 127. The van der Waals surface area contributed by atoms with Gasteiger partial charge in [0.15, 0.2) is 5.96 Å². The molecular weight excluding hydrogens is 401 g/mol. The Bertz CT molecular complexity index is 637. The van der Waals surface area contributed by atoms with Gasteiger partial charge in [0.25, 0.3) is 0 Å². The number of halogens is 1. The Labute approximate surface area is 154 Å². The van der Waals surface area contributed by atoms with Gasteiger partial charge in [0.1, 0.15) is 0 Å². The third kappa shape index (κ3) is 4.70. The van der Waals surface area contributed by atoms with E-state index in [9.17, 15) is 0 Å². The largest absolute Gasteiger partial charge is 0.370 e. The first-order valence-electron chi connectivity index (χ1n) is 7.87. The average molecular weight is 425 g/mol. The van der Waals surface area contributed by atoms with Crippen molar-refractivity contribution in [3.05, 3.63) is 48.3 Å². The number of para-hydroxylation sites is 1. The second-order valence-electron chi connectivity index (χ2n) is 5.96. The maximum atomic E-state index is 6.12. The summed E-state index contributed by atoms with van der Waals surface area (Å²) in [4.78, 5) is 6.69. The first kappa shape index (κ1) is 17.8. The van der Waals surface area contributed by atoms with E-state index < -0.39 is 0 Å². The van der Waals surface area contributed by atoms with E-state index in [1.165, 1.54) is 12.8 Å². The van der Waals surface area contributed by atoms with Gasteiger partial charge in [-0.3, -0.25) is 0 Å². The molecule has 1 fully saturated rings. The number of aromatic nitrogens is 2. The molecule has 1 aromatic heterocycles. The van der Waals surface area contributed by atoms with Crippen molar-refractivity contribution < 1.29 is 0 Å². The van der Waals surface area contributed by atoms with E-state index in [1.807, 2.05) is 47.3 Å². The van der Waals surface area contributed by atoms with E-state index in [2.05, 4.69) is 21.9 Å². The zero-order chi connectivity index (χ0) is 15.4. The number of nitrogens with two attached hydrogens (primary N) is 1. The van der Waals surface area contributed by atoms with E-state index in [0.29, 0.717) is 18.4 Å². The van der Waals surface area contributed by atoms with Crippen LogP contribution in [0.1, 0.15) is 25.5 Å². The summed E-state index contributed by atoms with van der Waals surface area (Å²) in [7, 11) is 0. The fraction of sp³-hybridized carbons (Fsp3) is 0.412. The van der Waals surface area contributed by atoms with Crippen molar-refractivity contribution >= 4 is 29.9 Å². The Morgan fingerprint density at radius 1 is 1.30 bits per heavy atom. The normalized spacial score (nSPS) is 18.6. The predicted octanol–water partition coefficient (Wildman–Crippen LogP) is 3.04. The zero-order valence-corrected chi connectivity index (χ0v) is 15.8. The Morgan fingerprint density at radius 2 is 2.09 bits per heavy atom. The molecule has 23 heavy (non-hydrogen) atoms. The zero-order valence-electron chi connectivity index (χ0n) is 13.4. The van der Waals surface area contributed by atoms with Crippen LogP contribution < -0.4 is 5.73 Å². The molecule has 2 N–H and O–H groups in total. The fourth-order valence-electron chi connectivity index (χ4n) is 2.83. The third-order valence-electron chi connectivity index (χ3n) is 4.05. The lowest BCUT2D eigenvalue weighted by atomic mass is 10.0. The first-order valence-corrected chi connectivity index (χ1v) is 7.87. The van der Waals surface area contributed by atoms with Crippen LogP contribution in [0.15, 0.2) is 47.6 Å². The summed E-state index contributed by atoms with van der Waals surface area (Å²) in [5.74, 6) is 1.33. The van der Waals surface area contributed by atoms with Gasteiger partial charge in [-0.25, -0.2) is 9.67 Å². The highest BCUT2D eigenvalue weighted by Gasteiger charge is 2.17. The number of benzene rings is 1. The minimum Gasteiger partial charge on any atom is -0.370 e. The van der Waals surface area contributed by atoms with Gasteiger partial charge in [-0.2, -0.15) is 5.10 Å². The third-order valence-corrected chi connectivity index (χ3v) is 4.05. The summed E-state index contributed by atoms with van der Waals surface area (Å²) in [6.07, 6.45) is 4.44. The second kappa shape index (κ2) is 8.33. The van der Waals surface area contributed by atoms with E-state index in [4.69, 9.17) is 5.73 Å². The maximum absolute atomic E-state index is 6.12. The number of rotatable bonds is 3. The van der Waals surface area contributed by atoms with Crippen molar-refractivity contribution in [1.82, 2.24) is 14.7 Å². The van der Waals surface area contributed by atoms with Gasteiger partial charge >= 0.3 is 0 Å². The van der Waals surface area contributed by atoms with Gasteiger partial charge in [-0.05, 0) is 37.0 Å². The van der Waals surface area contributed by atoms with Crippen LogP contribution >= 0.6 is 24.0 Å². The van der Waals surface area contributed by atoms with Crippen molar-refractivity contribution in [3.63, 3.8) is 0 Å². The molecule has 0 bridgehead atoms. The minimum absolute atomic E-state index is 0. The molecule has 0 saturated carbocycles. The monoisotopic (exact) mass is 425 g/mol. The van der Waals surface area contributed by atoms with Crippen LogP contribution in [0.3, 0.4) is 0 Å². The topological polar surface area (TPSA) is 59.4 Å². The molecule has 5 nitrogen and oxygen atoms in total. The maximum Gasteiger partial charge on any atom is 0.191 e. The molecule has 0 radical (unpaired) electrons. The fourth-order valence-corrected chi connectivity index (χ4v) is 2.83. The number of aliphatic imine (C=N–C) groups is 1. The van der Waals surface area contributed by atoms with Gasteiger partial charge in [0.05, 0.1) is 17.9 Å². The van der Waals surface area contributed by atoms with Crippen molar-refractivity contribution in [2.24, 2.45) is 16.6 Å². The lowest BCUT2D eigenvalue weighted by Gasteiger charge is -2.31. The van der Waals surface area contributed by atoms with E-state index in [-0.39, 0.29) is 24.0 Å². The van der Waals surface area contributed by atoms with Crippen molar-refractivity contribution in [3.8, 4) is 5.69 Å². The molecule has 1 saturated heterocycles. The number of piperidine rings is 1. The van der Waals surface area contributed by atoms with E-state index in [0.717, 1.165) is 24.5 Å². The van der Waals surface area contributed by atoms with Crippen LogP contribution in [0.4, 0.5) is 0 Å². The minimum atomic E-state index is 0. The highest BCUT2D eigenvalue weighted by molar-refractivity contribution is 14.0. The molecule has 2 aromatic rings. The Kier molecular flexibility index (Phi) is 6.44. The molecule has 0 amide bonds. The molecule has 1 aromatic carbocycles. The Balaban J connectivity index is 0.00000192. The molecular formula is C17H24IN5. The van der Waals surface area contributed by atoms with Gasteiger partial charge in [0.2, 0.25) is 0 Å². The molecule has 124 valence electrons. The van der Waals surface area contributed by atoms with Crippen LogP contribution in [-0.4, -0.2) is 33.7 Å². The molecule has 1 unspecified atom stereocenters. The SMILES string of the molecule is CC1CCCN(C(N)=NCc2ccn(-c3ccccc3)n2)C1.I. The van der Waals surface area contributed by atoms with Gasteiger partial charge < -0.3 is 10.6 Å². The molecule has 1 atom stereocenters.